The van der Waals surface area contributed by atoms with Crippen LogP contribution in [0.1, 0.15) is 35.8 Å². The summed E-state index contributed by atoms with van der Waals surface area (Å²) < 4.78 is 23.0. The second kappa shape index (κ2) is 9.36. The highest BCUT2D eigenvalue weighted by atomic mass is 16.5. The predicted octanol–water partition coefficient (Wildman–Crippen LogP) is 4.35. The van der Waals surface area contributed by atoms with E-state index in [4.69, 9.17) is 18.3 Å². The third-order valence-electron chi connectivity index (χ3n) is 6.93. The number of aliphatic hydroxyl groups excluding tert-OH is 1. The van der Waals surface area contributed by atoms with Crippen LogP contribution in [0.25, 0.3) is 22.6 Å². The van der Waals surface area contributed by atoms with Crippen LogP contribution in [0.15, 0.2) is 51.3 Å². The number of aryl methyl sites for hydroxylation is 1. The van der Waals surface area contributed by atoms with Gasteiger partial charge in [0, 0.05) is 26.0 Å². The fourth-order valence-electron chi connectivity index (χ4n) is 5.11. The number of nitrogens with zero attached hydrogens (tertiary/aromatic N) is 3. The molecule has 0 spiro atoms. The lowest BCUT2D eigenvalue weighted by atomic mass is 9.88. The molecular weight excluding hydrogens is 446 g/mol. The third-order valence-corrected chi connectivity index (χ3v) is 6.93. The van der Waals surface area contributed by atoms with Crippen molar-refractivity contribution in [3.8, 4) is 23.1 Å². The van der Waals surface area contributed by atoms with Crippen molar-refractivity contribution in [2.24, 2.45) is 0 Å². The van der Waals surface area contributed by atoms with Gasteiger partial charge < -0.3 is 28.3 Å². The summed E-state index contributed by atoms with van der Waals surface area (Å²) in [6.07, 6.45) is 2.63. The summed E-state index contributed by atoms with van der Waals surface area (Å²) in [5.41, 5.74) is 3.42. The molecule has 1 saturated heterocycles. The van der Waals surface area contributed by atoms with Crippen LogP contribution < -0.4 is 9.47 Å². The number of aliphatic hydroxyl groups is 1. The van der Waals surface area contributed by atoms with Crippen LogP contribution in [0.5, 0.6) is 11.5 Å². The molecule has 0 bridgehead atoms. The number of furan rings is 1. The molecule has 1 fully saturated rings. The highest BCUT2D eigenvalue weighted by Gasteiger charge is 2.24. The molecule has 0 amide bonds. The lowest BCUT2D eigenvalue weighted by molar-refractivity contribution is 0.0599. The minimum Gasteiger partial charge on any atom is -0.493 e. The zero-order chi connectivity index (χ0) is 23.8. The molecule has 8 nitrogen and oxygen atoms in total. The van der Waals surface area contributed by atoms with Crippen molar-refractivity contribution in [3.63, 3.8) is 0 Å². The molecule has 6 rings (SSSR count). The lowest BCUT2D eigenvalue weighted by Crippen LogP contribution is -2.40. The van der Waals surface area contributed by atoms with Crippen molar-refractivity contribution in [2.45, 2.75) is 38.2 Å². The predicted molar refractivity (Wildman–Crippen MR) is 130 cm³/mol. The van der Waals surface area contributed by atoms with Crippen LogP contribution in [-0.4, -0.2) is 59.2 Å². The Kier molecular flexibility index (Phi) is 5.91. The molecule has 4 heterocycles. The van der Waals surface area contributed by atoms with Crippen molar-refractivity contribution in [1.29, 1.82) is 0 Å². The van der Waals surface area contributed by atoms with Gasteiger partial charge in [0.1, 0.15) is 29.8 Å². The number of piperidine rings is 1. The maximum absolute atomic E-state index is 10.7. The van der Waals surface area contributed by atoms with E-state index in [1.807, 2.05) is 24.3 Å². The Labute approximate surface area is 203 Å². The molecule has 8 heteroatoms. The summed E-state index contributed by atoms with van der Waals surface area (Å²) in [6.45, 7) is 5.29. The number of β-amino-alcohol motifs (C(OH)–C–C–N with tert-alkyl or cyclic N) is 1. The van der Waals surface area contributed by atoms with E-state index in [9.17, 15) is 5.11 Å². The first kappa shape index (κ1) is 22.1. The fourth-order valence-corrected chi connectivity index (χ4v) is 5.11. The fraction of sp³-hybridized carbons (Fsp3) is 0.407. The van der Waals surface area contributed by atoms with Gasteiger partial charge in [-0.25, -0.2) is 0 Å². The van der Waals surface area contributed by atoms with Gasteiger partial charge in [-0.15, -0.1) is 10.2 Å². The summed E-state index contributed by atoms with van der Waals surface area (Å²) in [5, 5.41) is 19.4. The van der Waals surface area contributed by atoms with Crippen LogP contribution in [0.4, 0.5) is 0 Å². The monoisotopic (exact) mass is 475 g/mol. The number of hydrogen-bond donors (Lipinski definition) is 1. The summed E-state index contributed by atoms with van der Waals surface area (Å²) in [6, 6.07) is 14.1. The SMILES string of the molecule is Cc1nnc(-c2cc3c(OCC(O)CN4CCC(c5ccc6c(c5)CCO6)CC4)cccc3o2)o1. The van der Waals surface area contributed by atoms with Crippen molar-refractivity contribution in [1.82, 2.24) is 15.1 Å². The molecule has 1 unspecified atom stereocenters. The molecule has 2 aliphatic heterocycles. The zero-order valence-corrected chi connectivity index (χ0v) is 19.8. The average molecular weight is 476 g/mol. The van der Waals surface area contributed by atoms with Gasteiger partial charge in [0.15, 0.2) is 5.76 Å². The lowest BCUT2D eigenvalue weighted by Gasteiger charge is -2.33. The molecule has 0 radical (unpaired) electrons. The Balaban J connectivity index is 1.03. The van der Waals surface area contributed by atoms with Crippen molar-refractivity contribution in [3.05, 3.63) is 59.5 Å². The van der Waals surface area contributed by atoms with E-state index in [2.05, 4.69) is 33.3 Å². The molecule has 182 valence electrons. The van der Waals surface area contributed by atoms with Gasteiger partial charge in [0.05, 0.1) is 12.0 Å². The summed E-state index contributed by atoms with van der Waals surface area (Å²) in [4.78, 5) is 2.33. The maximum Gasteiger partial charge on any atom is 0.283 e. The zero-order valence-electron chi connectivity index (χ0n) is 19.8. The van der Waals surface area contributed by atoms with E-state index >= 15 is 0 Å². The topological polar surface area (TPSA) is 94.0 Å². The minimum absolute atomic E-state index is 0.212. The number of benzene rings is 2. The third kappa shape index (κ3) is 4.63. The first-order chi connectivity index (χ1) is 17.1. The van der Waals surface area contributed by atoms with Gasteiger partial charge in [-0.2, -0.15) is 0 Å². The van der Waals surface area contributed by atoms with Crippen LogP contribution in [0.2, 0.25) is 0 Å². The van der Waals surface area contributed by atoms with E-state index in [0.29, 0.717) is 41.3 Å². The van der Waals surface area contributed by atoms with Crippen molar-refractivity contribution < 1.29 is 23.4 Å². The molecule has 4 aromatic rings. The number of hydrogen-bond acceptors (Lipinski definition) is 8. The van der Waals surface area contributed by atoms with E-state index in [1.165, 1.54) is 11.1 Å². The molecule has 1 atom stereocenters. The normalized spacial score (nSPS) is 17.4. The van der Waals surface area contributed by atoms with Gasteiger partial charge in [-0.05, 0) is 61.2 Å². The van der Waals surface area contributed by atoms with Gasteiger partial charge in [-0.3, -0.25) is 0 Å². The van der Waals surface area contributed by atoms with Crippen LogP contribution in [-0.2, 0) is 6.42 Å². The Morgan fingerprint density at radius 2 is 2.00 bits per heavy atom. The number of likely N-dealkylation sites (tertiary alicyclic amines) is 1. The first-order valence-electron chi connectivity index (χ1n) is 12.2. The van der Waals surface area contributed by atoms with Gasteiger partial charge in [0.2, 0.25) is 5.89 Å². The van der Waals surface area contributed by atoms with Crippen LogP contribution in [0.3, 0.4) is 0 Å². The largest absolute Gasteiger partial charge is 0.493 e. The molecule has 0 aliphatic carbocycles. The smallest absolute Gasteiger partial charge is 0.283 e. The molecule has 2 aromatic carbocycles. The second-order valence-electron chi connectivity index (χ2n) is 9.41. The van der Waals surface area contributed by atoms with E-state index in [-0.39, 0.29) is 6.61 Å². The summed E-state index contributed by atoms with van der Waals surface area (Å²) in [7, 11) is 0. The molecule has 2 aliphatic rings. The van der Waals surface area contributed by atoms with Crippen molar-refractivity contribution >= 4 is 11.0 Å². The Morgan fingerprint density at radius 1 is 1.11 bits per heavy atom. The Morgan fingerprint density at radius 3 is 2.83 bits per heavy atom. The number of ether oxygens (including phenoxy) is 2. The number of rotatable bonds is 7. The summed E-state index contributed by atoms with van der Waals surface area (Å²) in [5.74, 6) is 3.58. The average Bonchev–Trinajstić information content (AvgIpc) is 3.62. The minimum atomic E-state index is -0.580. The highest BCUT2D eigenvalue weighted by molar-refractivity contribution is 5.87. The van der Waals surface area contributed by atoms with Gasteiger partial charge in [-0.1, -0.05) is 18.2 Å². The Hall–Kier alpha value is -3.36. The van der Waals surface area contributed by atoms with Crippen LogP contribution in [0, 0.1) is 6.92 Å². The highest BCUT2D eigenvalue weighted by Crippen LogP contribution is 2.34. The second-order valence-corrected chi connectivity index (χ2v) is 9.41. The van der Waals surface area contributed by atoms with Crippen LogP contribution >= 0.6 is 0 Å². The van der Waals surface area contributed by atoms with E-state index in [1.54, 1.807) is 6.92 Å². The standard InChI is InChI=1S/C27H29N3O5/c1-17-28-29-27(34-17)26-14-22-24(3-2-4-25(22)35-26)33-16-21(31)15-30-10-7-18(8-11-30)19-5-6-23-20(13-19)9-12-32-23/h2-6,13-14,18,21,31H,7-12,15-16H2,1H3. The maximum atomic E-state index is 10.7. The number of aromatic nitrogens is 2. The molecule has 2 aromatic heterocycles. The molecule has 0 saturated carbocycles. The molecule has 1 N–H and O–H groups in total. The van der Waals surface area contributed by atoms with Crippen molar-refractivity contribution in [2.75, 3.05) is 32.8 Å². The van der Waals surface area contributed by atoms with E-state index in [0.717, 1.165) is 50.1 Å². The van der Waals surface area contributed by atoms with Gasteiger partial charge >= 0.3 is 0 Å². The molecular formula is C27H29N3O5. The molecule has 35 heavy (non-hydrogen) atoms. The quantitative estimate of drug-likeness (QED) is 0.422. The first-order valence-corrected chi connectivity index (χ1v) is 12.2. The van der Waals surface area contributed by atoms with E-state index < -0.39 is 6.10 Å². The summed E-state index contributed by atoms with van der Waals surface area (Å²) >= 11 is 0. The number of fused-ring (bicyclic) bond motifs is 2. The van der Waals surface area contributed by atoms with Gasteiger partial charge in [0.25, 0.3) is 5.89 Å². The Bertz CT molecular complexity index is 1320.